The summed E-state index contributed by atoms with van der Waals surface area (Å²) in [5, 5.41) is 28.7. The Morgan fingerprint density at radius 3 is 2.68 bits per heavy atom. The van der Waals surface area contributed by atoms with Gasteiger partial charge in [-0.15, -0.1) is 0 Å². The molecule has 1 aliphatic rings. The zero-order valence-corrected chi connectivity index (χ0v) is 13.3. The number of nitrogens with one attached hydrogen (secondary N) is 1. The molecular formula is C12H15Cl2N3O5. The van der Waals surface area contributed by atoms with E-state index in [-0.39, 0.29) is 12.3 Å². The Morgan fingerprint density at radius 1 is 1.59 bits per heavy atom. The van der Waals surface area contributed by atoms with Crippen LogP contribution in [0.25, 0.3) is 0 Å². The van der Waals surface area contributed by atoms with E-state index >= 15 is 0 Å². The molecule has 22 heavy (non-hydrogen) atoms. The van der Waals surface area contributed by atoms with E-state index < -0.39 is 29.3 Å². The third-order valence-corrected chi connectivity index (χ3v) is 3.53. The van der Waals surface area contributed by atoms with Gasteiger partial charge < -0.3 is 20.3 Å². The summed E-state index contributed by atoms with van der Waals surface area (Å²) in [6.07, 6.45) is -3.56. The van der Waals surface area contributed by atoms with E-state index in [0.717, 1.165) is 0 Å². The van der Waals surface area contributed by atoms with Gasteiger partial charge in [0.1, 0.15) is 17.9 Å². The van der Waals surface area contributed by atoms with Gasteiger partial charge in [-0.3, -0.25) is 4.79 Å². The Bertz CT molecular complexity index is 531. The summed E-state index contributed by atoms with van der Waals surface area (Å²) >= 11 is 11.6. The normalized spacial score (nSPS) is 21.5. The summed E-state index contributed by atoms with van der Waals surface area (Å²) in [6, 6.07) is -0.792. The number of rotatable bonds is 6. The number of aliphatic hydroxyl groups excluding tert-OH is 2. The summed E-state index contributed by atoms with van der Waals surface area (Å²) in [4.78, 5) is 20.6. The minimum atomic E-state index is -2.14. The van der Waals surface area contributed by atoms with Crippen LogP contribution in [0.15, 0.2) is 5.10 Å². The van der Waals surface area contributed by atoms with Crippen LogP contribution >= 0.6 is 23.2 Å². The predicted molar refractivity (Wildman–Crippen MR) is 79.4 cm³/mol. The molecule has 0 saturated carbocycles. The van der Waals surface area contributed by atoms with E-state index in [4.69, 9.17) is 27.9 Å². The average molecular weight is 352 g/mol. The Hall–Kier alpha value is -1.37. The van der Waals surface area contributed by atoms with E-state index in [2.05, 4.69) is 16.3 Å². The molecule has 2 unspecified atom stereocenters. The molecule has 0 aromatic carbocycles. The maximum atomic E-state index is 11.9. The molecule has 0 aromatic rings. The highest BCUT2D eigenvalue weighted by atomic mass is 35.5. The number of carbonyl (C=O) groups is 2. The third kappa shape index (κ3) is 3.69. The predicted octanol–water partition coefficient (Wildman–Crippen LogP) is -0.542. The maximum absolute atomic E-state index is 11.9. The molecule has 1 heterocycles. The molecule has 122 valence electrons. The summed E-state index contributed by atoms with van der Waals surface area (Å²) in [6.45, 7) is 1.28. The highest BCUT2D eigenvalue weighted by Crippen LogP contribution is 2.30. The number of nitrogens with zero attached hydrogens (tertiary/aromatic N) is 2. The van der Waals surface area contributed by atoms with Gasteiger partial charge in [0.05, 0.1) is 12.6 Å². The van der Waals surface area contributed by atoms with E-state index in [1.165, 1.54) is 14.0 Å². The number of urea groups is 1. The zero-order valence-electron chi connectivity index (χ0n) is 11.8. The van der Waals surface area contributed by atoms with Crippen molar-refractivity contribution in [2.75, 3.05) is 13.7 Å². The van der Waals surface area contributed by atoms with Crippen molar-refractivity contribution in [3.05, 3.63) is 0 Å². The van der Waals surface area contributed by atoms with Crippen molar-refractivity contribution < 1.29 is 24.5 Å². The van der Waals surface area contributed by atoms with Crippen molar-refractivity contribution in [1.29, 1.82) is 0 Å². The number of amides is 2. The standard InChI is InChI=1S/C12H15Cl2N3O5/c1-7(19)9(22-2)10(20)12(14,3-4-13)17-11(21)15-5-8(6-18)16-17/h6-7,9-10,19-20H,5H2,1-2H3,(H,15,21)/t7-,9+,10?,12?/m0/s1. The number of methoxy groups -OCH3 is 1. The van der Waals surface area contributed by atoms with Crippen LogP contribution in [0.4, 0.5) is 4.79 Å². The summed E-state index contributed by atoms with van der Waals surface area (Å²) < 4.78 is 4.97. The highest BCUT2D eigenvalue weighted by Gasteiger charge is 2.50. The summed E-state index contributed by atoms with van der Waals surface area (Å²) in [5.74, 6) is 2.26. The second-order valence-electron chi connectivity index (χ2n) is 4.46. The molecule has 10 heteroatoms. The molecule has 0 aliphatic carbocycles. The first-order valence-electron chi connectivity index (χ1n) is 6.13. The fraction of sp³-hybridized carbons (Fsp3) is 0.583. The topological polar surface area (TPSA) is 111 Å². The largest absolute Gasteiger partial charge is 0.391 e. The van der Waals surface area contributed by atoms with Crippen molar-refractivity contribution in [1.82, 2.24) is 10.3 Å². The summed E-state index contributed by atoms with van der Waals surface area (Å²) in [7, 11) is 1.24. The van der Waals surface area contributed by atoms with Gasteiger partial charge in [-0.05, 0) is 24.4 Å². The Labute approximate surface area is 137 Å². The number of carbonyl (C=O) groups excluding carboxylic acids is 2. The van der Waals surface area contributed by atoms with Crippen molar-refractivity contribution in [3.8, 4) is 11.3 Å². The Kier molecular flexibility index (Phi) is 6.59. The molecule has 1 aliphatic heterocycles. The number of hydrogen-bond acceptors (Lipinski definition) is 6. The minimum Gasteiger partial charge on any atom is -0.391 e. The minimum absolute atomic E-state index is 0.0285. The Morgan fingerprint density at radius 2 is 2.23 bits per heavy atom. The van der Waals surface area contributed by atoms with Crippen LogP contribution < -0.4 is 5.32 Å². The van der Waals surface area contributed by atoms with Gasteiger partial charge in [-0.2, -0.15) is 10.1 Å². The molecular weight excluding hydrogens is 337 g/mol. The van der Waals surface area contributed by atoms with Gasteiger partial charge in [-0.1, -0.05) is 11.6 Å². The summed E-state index contributed by atoms with van der Waals surface area (Å²) in [5.41, 5.74) is -0.0285. The van der Waals surface area contributed by atoms with Gasteiger partial charge >= 0.3 is 6.03 Å². The first-order chi connectivity index (χ1) is 10.3. The van der Waals surface area contributed by atoms with Crippen LogP contribution in [0.3, 0.4) is 0 Å². The molecule has 8 nitrogen and oxygen atoms in total. The van der Waals surface area contributed by atoms with Crippen LogP contribution in [0.5, 0.6) is 0 Å². The van der Waals surface area contributed by atoms with Crippen LogP contribution in [0.2, 0.25) is 0 Å². The van der Waals surface area contributed by atoms with E-state index in [0.29, 0.717) is 11.3 Å². The number of hydrazone groups is 1. The number of halogens is 2. The lowest BCUT2D eigenvalue weighted by molar-refractivity contribution is -0.103. The average Bonchev–Trinajstić information content (AvgIpc) is 2.48. The SMILES string of the molecule is CO[C@@H](C(O)C(Cl)(C#CCl)N1N=C(C=O)CNC1=O)[C@H](C)O. The van der Waals surface area contributed by atoms with E-state index in [1.54, 1.807) is 0 Å². The van der Waals surface area contributed by atoms with Gasteiger partial charge in [0.25, 0.3) is 0 Å². The first-order valence-corrected chi connectivity index (χ1v) is 6.88. The monoisotopic (exact) mass is 351 g/mol. The molecule has 0 aromatic heterocycles. The highest BCUT2D eigenvalue weighted by molar-refractivity contribution is 6.33. The molecule has 0 fully saturated rings. The molecule has 4 atom stereocenters. The van der Waals surface area contributed by atoms with E-state index in [9.17, 15) is 19.8 Å². The maximum Gasteiger partial charge on any atom is 0.340 e. The lowest BCUT2D eigenvalue weighted by Gasteiger charge is -2.39. The second kappa shape index (κ2) is 7.76. The number of aliphatic hydroxyl groups is 2. The van der Waals surface area contributed by atoms with E-state index in [1.807, 2.05) is 5.38 Å². The number of alkyl halides is 1. The van der Waals surface area contributed by atoms with Crippen LogP contribution in [0, 0.1) is 11.3 Å². The second-order valence-corrected chi connectivity index (χ2v) is 5.22. The number of ether oxygens (including phenoxy) is 1. The van der Waals surface area contributed by atoms with Crippen molar-refractivity contribution in [2.24, 2.45) is 5.10 Å². The molecule has 0 radical (unpaired) electrons. The number of hydrogen-bond donors (Lipinski definition) is 3. The first kappa shape index (κ1) is 18.7. The van der Waals surface area contributed by atoms with Gasteiger partial charge in [0, 0.05) is 12.5 Å². The molecule has 0 saturated heterocycles. The molecule has 0 bridgehead atoms. The number of aldehydes is 1. The lowest BCUT2D eigenvalue weighted by Crippen LogP contribution is -2.62. The van der Waals surface area contributed by atoms with Gasteiger partial charge in [0.15, 0.2) is 6.29 Å². The van der Waals surface area contributed by atoms with Gasteiger partial charge in [0.2, 0.25) is 5.00 Å². The van der Waals surface area contributed by atoms with Crippen LogP contribution in [-0.2, 0) is 9.53 Å². The third-order valence-electron chi connectivity index (χ3n) is 2.96. The molecule has 1 rings (SSSR count). The van der Waals surface area contributed by atoms with Crippen molar-refractivity contribution in [2.45, 2.75) is 30.2 Å². The molecule has 3 N–H and O–H groups in total. The lowest BCUT2D eigenvalue weighted by atomic mass is 10.0. The van der Waals surface area contributed by atoms with Crippen LogP contribution in [0.1, 0.15) is 6.92 Å². The molecule has 2 amide bonds. The van der Waals surface area contributed by atoms with Gasteiger partial charge in [-0.25, -0.2) is 4.79 Å². The quantitative estimate of drug-likeness (QED) is 0.257. The Balaban J connectivity index is 3.32. The van der Waals surface area contributed by atoms with Crippen molar-refractivity contribution >= 4 is 41.2 Å². The fourth-order valence-corrected chi connectivity index (χ4v) is 2.34. The smallest absolute Gasteiger partial charge is 0.340 e. The fourth-order valence-electron chi connectivity index (χ4n) is 1.86. The van der Waals surface area contributed by atoms with Crippen LogP contribution in [-0.4, -0.2) is 70.2 Å². The van der Waals surface area contributed by atoms with Crippen molar-refractivity contribution in [3.63, 3.8) is 0 Å². The zero-order chi connectivity index (χ0) is 16.9. The molecule has 0 spiro atoms.